The molecule has 0 radical (unpaired) electrons. The van der Waals surface area contributed by atoms with E-state index >= 15 is 0 Å². The number of ether oxygens (including phenoxy) is 2. The van der Waals surface area contributed by atoms with Crippen molar-refractivity contribution >= 4 is 0 Å². The van der Waals surface area contributed by atoms with Crippen LogP contribution in [-0.2, 0) is 16.1 Å². The van der Waals surface area contributed by atoms with Crippen molar-refractivity contribution in [2.75, 3.05) is 19.8 Å². The maximum atomic E-state index is 5.57. The maximum Gasteiger partial charge on any atom is 0.0718 e. The standard InChI is InChI=1S/C16H24O2/c1-16(9-10-16)8-5-11-17-12-13-18-14-15-6-3-2-4-7-15/h2-4,6-7H,5,8-14H2,1H3. The van der Waals surface area contributed by atoms with Gasteiger partial charge in [-0.15, -0.1) is 0 Å². The van der Waals surface area contributed by atoms with Crippen molar-refractivity contribution < 1.29 is 9.47 Å². The molecule has 1 fully saturated rings. The van der Waals surface area contributed by atoms with Gasteiger partial charge in [0, 0.05) is 6.61 Å². The van der Waals surface area contributed by atoms with Crippen LogP contribution in [0.1, 0.15) is 38.2 Å². The topological polar surface area (TPSA) is 18.5 Å². The van der Waals surface area contributed by atoms with Gasteiger partial charge in [-0.05, 0) is 36.7 Å². The lowest BCUT2D eigenvalue weighted by Crippen LogP contribution is -2.06. The summed E-state index contributed by atoms with van der Waals surface area (Å²) >= 11 is 0. The highest BCUT2D eigenvalue weighted by Crippen LogP contribution is 2.48. The third-order valence-electron chi connectivity index (χ3n) is 3.66. The predicted molar refractivity (Wildman–Crippen MR) is 73.5 cm³/mol. The Kier molecular flexibility index (Phi) is 5.21. The lowest BCUT2D eigenvalue weighted by atomic mass is 10.0. The van der Waals surface area contributed by atoms with Gasteiger partial charge in [-0.3, -0.25) is 0 Å². The van der Waals surface area contributed by atoms with Crippen molar-refractivity contribution in [2.24, 2.45) is 5.41 Å². The highest BCUT2D eigenvalue weighted by Gasteiger charge is 2.35. The number of benzene rings is 1. The van der Waals surface area contributed by atoms with E-state index < -0.39 is 0 Å². The summed E-state index contributed by atoms with van der Waals surface area (Å²) in [5.74, 6) is 0. The van der Waals surface area contributed by atoms with Gasteiger partial charge >= 0.3 is 0 Å². The molecule has 0 heterocycles. The minimum atomic E-state index is 0.660. The van der Waals surface area contributed by atoms with Crippen molar-refractivity contribution in [3.8, 4) is 0 Å². The van der Waals surface area contributed by atoms with Crippen molar-refractivity contribution in [3.05, 3.63) is 35.9 Å². The SMILES string of the molecule is CC1(CCCOCCOCc2ccccc2)CC1. The zero-order chi connectivity index (χ0) is 12.7. The fraction of sp³-hybridized carbons (Fsp3) is 0.625. The van der Waals surface area contributed by atoms with Crippen LogP contribution in [0.15, 0.2) is 30.3 Å². The quantitative estimate of drug-likeness (QED) is 0.619. The normalized spacial score (nSPS) is 16.7. The van der Waals surface area contributed by atoms with Gasteiger partial charge in [0.15, 0.2) is 0 Å². The van der Waals surface area contributed by atoms with Gasteiger partial charge in [-0.2, -0.15) is 0 Å². The van der Waals surface area contributed by atoms with Gasteiger partial charge in [-0.1, -0.05) is 37.3 Å². The summed E-state index contributed by atoms with van der Waals surface area (Å²) in [6, 6.07) is 10.3. The van der Waals surface area contributed by atoms with Crippen LogP contribution in [0.2, 0.25) is 0 Å². The van der Waals surface area contributed by atoms with Crippen LogP contribution in [0.4, 0.5) is 0 Å². The van der Waals surface area contributed by atoms with E-state index in [1.54, 1.807) is 0 Å². The first-order chi connectivity index (χ1) is 8.79. The third-order valence-corrected chi connectivity index (χ3v) is 3.66. The van der Waals surface area contributed by atoms with E-state index in [9.17, 15) is 0 Å². The van der Waals surface area contributed by atoms with Crippen molar-refractivity contribution in [1.29, 1.82) is 0 Å². The Bertz CT molecular complexity index is 330. The Hall–Kier alpha value is -0.860. The molecule has 0 aromatic heterocycles. The average Bonchev–Trinajstić information content (AvgIpc) is 3.12. The number of hydrogen-bond donors (Lipinski definition) is 0. The van der Waals surface area contributed by atoms with E-state index in [0.717, 1.165) is 6.61 Å². The summed E-state index contributed by atoms with van der Waals surface area (Å²) in [7, 11) is 0. The van der Waals surface area contributed by atoms with E-state index in [0.29, 0.717) is 25.2 Å². The smallest absolute Gasteiger partial charge is 0.0718 e. The molecule has 0 N–H and O–H groups in total. The molecule has 1 aromatic rings. The van der Waals surface area contributed by atoms with Gasteiger partial charge in [-0.25, -0.2) is 0 Å². The fourth-order valence-electron chi connectivity index (χ4n) is 2.05. The largest absolute Gasteiger partial charge is 0.379 e. The average molecular weight is 248 g/mol. The van der Waals surface area contributed by atoms with Crippen LogP contribution in [-0.4, -0.2) is 19.8 Å². The lowest BCUT2D eigenvalue weighted by molar-refractivity contribution is 0.0383. The molecule has 2 heteroatoms. The summed E-state index contributed by atoms with van der Waals surface area (Å²) in [6.07, 6.45) is 5.33. The minimum absolute atomic E-state index is 0.660. The Morgan fingerprint density at radius 1 is 1.00 bits per heavy atom. The summed E-state index contributed by atoms with van der Waals surface area (Å²) in [5, 5.41) is 0. The summed E-state index contributed by atoms with van der Waals surface area (Å²) in [6.45, 7) is 5.33. The molecule has 1 aliphatic rings. The third kappa shape index (κ3) is 5.19. The monoisotopic (exact) mass is 248 g/mol. The molecule has 0 bridgehead atoms. The van der Waals surface area contributed by atoms with Crippen LogP contribution in [0, 0.1) is 5.41 Å². The maximum absolute atomic E-state index is 5.57. The fourth-order valence-corrected chi connectivity index (χ4v) is 2.05. The summed E-state index contributed by atoms with van der Waals surface area (Å²) < 4.78 is 11.1. The highest BCUT2D eigenvalue weighted by molar-refractivity contribution is 5.13. The molecule has 1 aliphatic carbocycles. The number of rotatable bonds is 9. The van der Waals surface area contributed by atoms with Crippen LogP contribution in [0.25, 0.3) is 0 Å². The van der Waals surface area contributed by atoms with Gasteiger partial charge < -0.3 is 9.47 Å². The van der Waals surface area contributed by atoms with Gasteiger partial charge in [0.25, 0.3) is 0 Å². The zero-order valence-corrected chi connectivity index (χ0v) is 11.4. The molecule has 1 aromatic carbocycles. The Morgan fingerprint density at radius 2 is 1.72 bits per heavy atom. The lowest BCUT2D eigenvalue weighted by Gasteiger charge is -2.08. The molecule has 18 heavy (non-hydrogen) atoms. The minimum Gasteiger partial charge on any atom is -0.379 e. The summed E-state index contributed by atoms with van der Waals surface area (Å²) in [5.41, 5.74) is 1.88. The predicted octanol–water partition coefficient (Wildman–Crippen LogP) is 3.80. The van der Waals surface area contributed by atoms with E-state index in [1.165, 1.54) is 31.2 Å². The Labute approximate surface area is 110 Å². The molecule has 0 saturated heterocycles. The molecular weight excluding hydrogens is 224 g/mol. The van der Waals surface area contributed by atoms with Gasteiger partial charge in [0.1, 0.15) is 0 Å². The molecule has 1 saturated carbocycles. The van der Waals surface area contributed by atoms with E-state index in [1.807, 2.05) is 18.2 Å². The molecule has 0 spiro atoms. The van der Waals surface area contributed by atoms with Crippen LogP contribution >= 0.6 is 0 Å². The van der Waals surface area contributed by atoms with Crippen LogP contribution in [0.3, 0.4) is 0 Å². The molecule has 0 atom stereocenters. The molecular formula is C16H24O2. The van der Waals surface area contributed by atoms with Crippen molar-refractivity contribution in [2.45, 2.75) is 39.2 Å². The number of hydrogen-bond acceptors (Lipinski definition) is 2. The second-order valence-corrected chi connectivity index (χ2v) is 5.56. The first-order valence-corrected chi connectivity index (χ1v) is 6.98. The van der Waals surface area contributed by atoms with Crippen molar-refractivity contribution in [1.82, 2.24) is 0 Å². The Balaban J connectivity index is 1.40. The molecule has 100 valence electrons. The van der Waals surface area contributed by atoms with E-state index in [4.69, 9.17) is 9.47 Å². The van der Waals surface area contributed by atoms with Crippen molar-refractivity contribution in [3.63, 3.8) is 0 Å². The van der Waals surface area contributed by atoms with Crippen LogP contribution < -0.4 is 0 Å². The van der Waals surface area contributed by atoms with Gasteiger partial charge in [0.2, 0.25) is 0 Å². The molecule has 0 aliphatic heterocycles. The molecule has 2 nitrogen and oxygen atoms in total. The Morgan fingerprint density at radius 3 is 2.44 bits per heavy atom. The summed E-state index contributed by atoms with van der Waals surface area (Å²) in [4.78, 5) is 0. The first kappa shape index (κ1) is 13.6. The second-order valence-electron chi connectivity index (χ2n) is 5.56. The highest BCUT2D eigenvalue weighted by atomic mass is 16.5. The second kappa shape index (κ2) is 6.91. The molecule has 2 rings (SSSR count). The first-order valence-electron chi connectivity index (χ1n) is 6.98. The van der Waals surface area contributed by atoms with E-state index in [-0.39, 0.29) is 0 Å². The molecule has 0 unspecified atom stereocenters. The van der Waals surface area contributed by atoms with Gasteiger partial charge in [0.05, 0.1) is 19.8 Å². The van der Waals surface area contributed by atoms with Crippen LogP contribution in [0.5, 0.6) is 0 Å². The zero-order valence-electron chi connectivity index (χ0n) is 11.4. The van der Waals surface area contributed by atoms with E-state index in [2.05, 4.69) is 19.1 Å². The molecule has 0 amide bonds.